The number of rotatable bonds is 3. The molecule has 0 bridgehead atoms. The summed E-state index contributed by atoms with van der Waals surface area (Å²) in [5.74, 6) is -0.893. The van der Waals surface area contributed by atoms with Gasteiger partial charge in [0.05, 0.1) is 16.4 Å². The predicted molar refractivity (Wildman–Crippen MR) is 83.1 cm³/mol. The van der Waals surface area contributed by atoms with Crippen molar-refractivity contribution in [3.63, 3.8) is 0 Å². The van der Waals surface area contributed by atoms with E-state index in [9.17, 15) is 26.4 Å². The highest BCUT2D eigenvalue weighted by molar-refractivity contribution is 7.92. The molecule has 10 heteroatoms. The highest BCUT2D eigenvalue weighted by Gasteiger charge is 2.46. The molecule has 2 saturated heterocycles. The van der Waals surface area contributed by atoms with E-state index in [1.807, 2.05) is 4.90 Å². The lowest BCUT2D eigenvalue weighted by atomic mass is 10.0. The van der Waals surface area contributed by atoms with E-state index in [2.05, 4.69) is 5.32 Å². The summed E-state index contributed by atoms with van der Waals surface area (Å²) in [6, 6.07) is 3.03. The van der Waals surface area contributed by atoms with Crippen molar-refractivity contribution in [1.29, 1.82) is 0 Å². The fourth-order valence-electron chi connectivity index (χ4n) is 3.50. The Labute approximate surface area is 143 Å². The van der Waals surface area contributed by atoms with E-state index in [0.717, 1.165) is 24.3 Å². The maximum atomic E-state index is 12.9. The number of amides is 1. The first kappa shape index (κ1) is 18.2. The van der Waals surface area contributed by atoms with Gasteiger partial charge in [0.1, 0.15) is 5.37 Å². The second-order valence-corrected chi connectivity index (χ2v) is 8.41. The van der Waals surface area contributed by atoms with E-state index in [1.54, 1.807) is 0 Å². The number of halogens is 3. The van der Waals surface area contributed by atoms with Gasteiger partial charge in [0.15, 0.2) is 9.84 Å². The van der Waals surface area contributed by atoms with Crippen LogP contribution in [0.2, 0.25) is 0 Å². The molecule has 2 heterocycles. The first-order chi connectivity index (χ1) is 11.6. The molecule has 0 spiro atoms. The second-order valence-electron chi connectivity index (χ2n) is 6.34. The molecule has 3 rings (SSSR count). The first-order valence-electron chi connectivity index (χ1n) is 7.78. The van der Waals surface area contributed by atoms with E-state index in [1.165, 1.54) is 0 Å². The Bertz CT molecular complexity index is 764. The largest absolute Gasteiger partial charge is 0.416 e. The van der Waals surface area contributed by atoms with Gasteiger partial charge in [-0.3, -0.25) is 15.0 Å². The van der Waals surface area contributed by atoms with Crippen molar-refractivity contribution in [3.05, 3.63) is 29.8 Å². The predicted octanol–water partition coefficient (Wildman–Crippen LogP) is 0.584. The smallest absolute Gasteiger partial charge is 0.369 e. The van der Waals surface area contributed by atoms with E-state index in [0.29, 0.717) is 26.1 Å². The van der Waals surface area contributed by atoms with Gasteiger partial charge in [-0.25, -0.2) is 8.42 Å². The Kier molecular flexibility index (Phi) is 4.54. The normalized spacial score (nSPS) is 27.9. The number of piperazine rings is 1. The van der Waals surface area contributed by atoms with Gasteiger partial charge in [0.2, 0.25) is 5.91 Å². The zero-order chi connectivity index (χ0) is 18.4. The average molecular weight is 377 g/mol. The van der Waals surface area contributed by atoms with Crippen molar-refractivity contribution in [3.8, 4) is 0 Å². The number of hydrogen-bond donors (Lipinski definition) is 2. The number of nitrogens with zero attached hydrogens (tertiary/aromatic N) is 1. The molecule has 0 radical (unpaired) electrons. The molecule has 1 aromatic carbocycles. The molecule has 0 aliphatic carbocycles. The van der Waals surface area contributed by atoms with E-state index in [4.69, 9.17) is 5.73 Å². The summed E-state index contributed by atoms with van der Waals surface area (Å²) >= 11 is 0. The van der Waals surface area contributed by atoms with Crippen molar-refractivity contribution in [2.45, 2.75) is 28.9 Å². The van der Waals surface area contributed by atoms with Crippen LogP contribution in [0.15, 0.2) is 29.2 Å². The van der Waals surface area contributed by atoms with Gasteiger partial charge in [-0.2, -0.15) is 13.2 Å². The number of primary amides is 1. The average Bonchev–Trinajstić information content (AvgIpc) is 2.98. The van der Waals surface area contributed by atoms with Crippen LogP contribution in [0.25, 0.3) is 0 Å². The van der Waals surface area contributed by atoms with Crippen molar-refractivity contribution < 1.29 is 26.4 Å². The monoisotopic (exact) mass is 377 g/mol. The van der Waals surface area contributed by atoms with Crippen LogP contribution in [-0.4, -0.2) is 50.3 Å². The Morgan fingerprint density at radius 1 is 1.24 bits per heavy atom. The van der Waals surface area contributed by atoms with Crippen LogP contribution < -0.4 is 11.1 Å². The fourth-order valence-corrected chi connectivity index (χ4v) is 5.34. The van der Waals surface area contributed by atoms with E-state index >= 15 is 0 Å². The number of nitrogens with one attached hydrogen (secondary N) is 1. The molecule has 25 heavy (non-hydrogen) atoms. The molecule has 3 unspecified atom stereocenters. The molecule has 2 fully saturated rings. The Balaban J connectivity index is 1.87. The molecule has 138 valence electrons. The lowest BCUT2D eigenvalue weighted by molar-refractivity contribution is -0.137. The van der Waals surface area contributed by atoms with Crippen molar-refractivity contribution in [1.82, 2.24) is 10.2 Å². The van der Waals surface area contributed by atoms with Gasteiger partial charge in [0.25, 0.3) is 0 Å². The minimum Gasteiger partial charge on any atom is -0.369 e. The molecule has 6 nitrogen and oxygen atoms in total. The van der Waals surface area contributed by atoms with Crippen molar-refractivity contribution in [2.24, 2.45) is 11.7 Å². The summed E-state index contributed by atoms with van der Waals surface area (Å²) in [6.45, 7) is 1.40. The number of hydrogen-bond acceptors (Lipinski definition) is 5. The molecule has 2 aliphatic rings. The lowest BCUT2D eigenvalue weighted by Crippen LogP contribution is -2.58. The zero-order valence-electron chi connectivity index (χ0n) is 13.2. The summed E-state index contributed by atoms with van der Waals surface area (Å²) in [4.78, 5) is 13.1. The summed E-state index contributed by atoms with van der Waals surface area (Å²) in [7, 11) is -3.90. The second kappa shape index (κ2) is 6.26. The number of sulfone groups is 1. The summed E-state index contributed by atoms with van der Waals surface area (Å²) in [6.07, 6.45) is -4.21. The van der Waals surface area contributed by atoms with Crippen LogP contribution in [-0.2, 0) is 20.8 Å². The fraction of sp³-hybridized carbons (Fsp3) is 0.533. The molecule has 3 N–H and O–H groups in total. The highest BCUT2D eigenvalue weighted by atomic mass is 32.2. The van der Waals surface area contributed by atoms with Crippen LogP contribution in [0.5, 0.6) is 0 Å². The van der Waals surface area contributed by atoms with Crippen molar-refractivity contribution in [2.75, 3.05) is 19.6 Å². The van der Waals surface area contributed by atoms with E-state index in [-0.39, 0.29) is 4.90 Å². The maximum absolute atomic E-state index is 12.9. The summed E-state index contributed by atoms with van der Waals surface area (Å²) in [5, 5.41) is 1.95. The highest BCUT2D eigenvalue weighted by Crippen LogP contribution is 2.33. The number of benzene rings is 1. The lowest BCUT2D eigenvalue weighted by Gasteiger charge is -2.36. The van der Waals surface area contributed by atoms with Crippen LogP contribution in [0, 0.1) is 5.92 Å². The molecule has 2 aliphatic heterocycles. The van der Waals surface area contributed by atoms with Gasteiger partial charge in [-0.1, -0.05) is 0 Å². The summed E-state index contributed by atoms with van der Waals surface area (Å²) < 4.78 is 63.7. The van der Waals surface area contributed by atoms with Gasteiger partial charge in [-0.05, 0) is 30.7 Å². The van der Waals surface area contributed by atoms with Crippen LogP contribution in [0.3, 0.4) is 0 Å². The third-order valence-electron chi connectivity index (χ3n) is 4.79. The quantitative estimate of drug-likeness (QED) is 0.804. The number of fused-ring (bicyclic) bond motifs is 1. The van der Waals surface area contributed by atoms with Crippen LogP contribution in [0.1, 0.15) is 12.0 Å². The number of carbonyl (C=O) groups is 1. The standard InChI is InChI=1S/C15H18F3N3O3S/c16-15(17,18)10-1-3-11(4-2-10)25(23,24)14-12-7-9(13(19)22)8-21(12)6-5-20-14/h1-4,9,12,14,20H,5-8H2,(H2,19,22). The molecular formula is C15H18F3N3O3S. The van der Waals surface area contributed by atoms with Gasteiger partial charge >= 0.3 is 6.18 Å². The Morgan fingerprint density at radius 2 is 1.88 bits per heavy atom. The minimum atomic E-state index is -4.53. The molecule has 3 atom stereocenters. The van der Waals surface area contributed by atoms with Crippen LogP contribution in [0.4, 0.5) is 13.2 Å². The van der Waals surface area contributed by atoms with Crippen LogP contribution >= 0.6 is 0 Å². The number of alkyl halides is 3. The molecule has 1 amide bonds. The zero-order valence-corrected chi connectivity index (χ0v) is 14.0. The maximum Gasteiger partial charge on any atom is 0.416 e. The van der Waals surface area contributed by atoms with Gasteiger partial charge < -0.3 is 5.73 Å². The number of nitrogens with two attached hydrogens (primary N) is 1. The van der Waals surface area contributed by atoms with Gasteiger partial charge in [0, 0.05) is 25.7 Å². The molecule has 1 aromatic rings. The first-order valence-corrected chi connectivity index (χ1v) is 9.33. The number of carbonyl (C=O) groups excluding carboxylic acids is 1. The third kappa shape index (κ3) is 3.38. The Hall–Kier alpha value is -1.65. The summed E-state index contributed by atoms with van der Waals surface area (Å²) in [5.41, 5.74) is 4.43. The van der Waals surface area contributed by atoms with E-state index < -0.39 is 44.8 Å². The topological polar surface area (TPSA) is 92.5 Å². The van der Waals surface area contributed by atoms with Crippen molar-refractivity contribution >= 4 is 15.7 Å². The third-order valence-corrected chi connectivity index (χ3v) is 6.87. The SMILES string of the molecule is NC(=O)C1CC2C(S(=O)(=O)c3ccc(C(F)(F)F)cc3)NCCN2C1. The Morgan fingerprint density at radius 3 is 2.44 bits per heavy atom. The molecule has 0 aromatic heterocycles. The molecular weight excluding hydrogens is 359 g/mol. The van der Waals surface area contributed by atoms with Gasteiger partial charge in [-0.15, -0.1) is 0 Å². The minimum absolute atomic E-state index is 0.178. The molecule has 0 saturated carbocycles.